The minimum absolute atomic E-state index is 0.784. The van der Waals surface area contributed by atoms with Gasteiger partial charge in [0.15, 0.2) is 0 Å². The Bertz CT molecular complexity index is 163. The van der Waals surface area contributed by atoms with Crippen LogP contribution < -0.4 is 5.32 Å². The van der Waals surface area contributed by atoms with E-state index in [1.807, 2.05) is 0 Å². The predicted octanol–water partition coefficient (Wildman–Crippen LogP) is 1.22. The van der Waals surface area contributed by atoms with Crippen LogP contribution >= 0.6 is 0 Å². The van der Waals surface area contributed by atoms with Crippen LogP contribution in [-0.2, 0) is 0 Å². The van der Waals surface area contributed by atoms with E-state index in [0.29, 0.717) is 0 Å². The number of hydrogen-bond donors (Lipinski definition) is 1. The maximum atomic E-state index is 4.59. The van der Waals surface area contributed by atoms with Crippen LogP contribution in [0, 0.1) is 5.92 Å². The van der Waals surface area contributed by atoms with E-state index < -0.39 is 0 Å². The van der Waals surface area contributed by atoms with Crippen molar-refractivity contribution in [2.45, 2.75) is 25.7 Å². The lowest BCUT2D eigenvalue weighted by Gasteiger charge is -2.20. The fourth-order valence-electron chi connectivity index (χ4n) is 2.03. The fourth-order valence-corrected chi connectivity index (χ4v) is 2.03. The van der Waals surface area contributed by atoms with Crippen LogP contribution in [0.2, 0.25) is 0 Å². The van der Waals surface area contributed by atoms with Crippen LogP contribution in [0.15, 0.2) is 4.99 Å². The molecule has 11 heavy (non-hydrogen) atoms. The third-order valence-corrected chi connectivity index (χ3v) is 2.67. The van der Waals surface area contributed by atoms with Gasteiger partial charge in [-0.3, -0.25) is 4.99 Å². The molecular weight excluding hydrogens is 136 g/mol. The van der Waals surface area contributed by atoms with Crippen LogP contribution in [0.3, 0.4) is 0 Å². The van der Waals surface area contributed by atoms with Crippen LogP contribution in [0.25, 0.3) is 0 Å². The first kappa shape index (κ1) is 7.29. The number of nitrogens with zero attached hydrogens (tertiary/aromatic N) is 1. The number of nitrogens with one attached hydrogen (secondary N) is 1. The number of hydrogen-bond acceptors (Lipinski definition) is 2. The molecule has 2 aliphatic rings. The van der Waals surface area contributed by atoms with Gasteiger partial charge in [0.2, 0.25) is 0 Å². The summed E-state index contributed by atoms with van der Waals surface area (Å²) in [5.74, 6) is 0.784. The number of rotatable bonds is 0. The first-order valence-corrected chi connectivity index (χ1v) is 4.71. The molecule has 1 atom stereocenters. The van der Waals surface area contributed by atoms with Crippen LogP contribution in [-0.4, -0.2) is 25.3 Å². The Hall–Kier alpha value is -0.370. The second kappa shape index (κ2) is 3.35. The van der Waals surface area contributed by atoms with Gasteiger partial charge in [-0.2, -0.15) is 0 Å². The van der Waals surface area contributed by atoms with Crippen molar-refractivity contribution in [1.82, 2.24) is 5.32 Å². The Balaban J connectivity index is 2.07. The summed E-state index contributed by atoms with van der Waals surface area (Å²) in [4.78, 5) is 4.59. The summed E-state index contributed by atoms with van der Waals surface area (Å²) in [6.45, 7) is 3.46. The van der Waals surface area contributed by atoms with Gasteiger partial charge in [-0.05, 0) is 32.2 Å². The molecule has 1 saturated heterocycles. The van der Waals surface area contributed by atoms with Crippen LogP contribution in [0.4, 0.5) is 0 Å². The van der Waals surface area contributed by atoms with E-state index >= 15 is 0 Å². The van der Waals surface area contributed by atoms with Crippen molar-refractivity contribution in [3.63, 3.8) is 0 Å². The average Bonchev–Trinajstić information content (AvgIpc) is 2.28. The normalized spacial score (nSPS) is 32.0. The molecule has 0 spiro atoms. The Morgan fingerprint density at radius 2 is 2.36 bits per heavy atom. The van der Waals surface area contributed by atoms with Crippen molar-refractivity contribution in [3.05, 3.63) is 0 Å². The molecule has 2 heterocycles. The van der Waals surface area contributed by atoms with E-state index in [2.05, 4.69) is 10.3 Å². The third kappa shape index (κ3) is 1.62. The summed E-state index contributed by atoms with van der Waals surface area (Å²) in [6, 6.07) is 0. The van der Waals surface area contributed by atoms with E-state index in [1.165, 1.54) is 44.5 Å². The van der Waals surface area contributed by atoms with Crippen molar-refractivity contribution in [3.8, 4) is 0 Å². The summed E-state index contributed by atoms with van der Waals surface area (Å²) in [5.41, 5.74) is 1.50. The van der Waals surface area contributed by atoms with E-state index in [0.717, 1.165) is 12.5 Å². The monoisotopic (exact) mass is 152 g/mol. The summed E-state index contributed by atoms with van der Waals surface area (Å²) in [7, 11) is 0. The molecule has 0 aromatic carbocycles. The largest absolute Gasteiger partial charge is 0.316 e. The summed E-state index contributed by atoms with van der Waals surface area (Å²) in [6.07, 6.45) is 5.20. The van der Waals surface area contributed by atoms with Crippen molar-refractivity contribution in [1.29, 1.82) is 0 Å². The molecule has 1 fully saturated rings. The van der Waals surface area contributed by atoms with E-state index in [4.69, 9.17) is 0 Å². The highest BCUT2D eigenvalue weighted by Crippen LogP contribution is 2.18. The van der Waals surface area contributed by atoms with Gasteiger partial charge >= 0.3 is 0 Å². The molecule has 0 radical (unpaired) electrons. The summed E-state index contributed by atoms with van der Waals surface area (Å²) in [5, 5.41) is 3.47. The predicted molar refractivity (Wildman–Crippen MR) is 47.1 cm³/mol. The van der Waals surface area contributed by atoms with Crippen molar-refractivity contribution in [2.24, 2.45) is 10.9 Å². The van der Waals surface area contributed by atoms with Gasteiger partial charge in [0.25, 0.3) is 0 Å². The average molecular weight is 152 g/mol. The molecule has 2 aliphatic heterocycles. The highest BCUT2D eigenvalue weighted by molar-refractivity contribution is 5.87. The molecule has 62 valence electrons. The quantitative estimate of drug-likeness (QED) is 0.554. The maximum Gasteiger partial charge on any atom is 0.0389 e. The summed E-state index contributed by atoms with van der Waals surface area (Å²) >= 11 is 0. The second-order valence-electron chi connectivity index (χ2n) is 3.52. The van der Waals surface area contributed by atoms with Gasteiger partial charge in [-0.15, -0.1) is 0 Å². The van der Waals surface area contributed by atoms with E-state index in [-0.39, 0.29) is 0 Å². The fraction of sp³-hybridized carbons (Fsp3) is 0.889. The van der Waals surface area contributed by atoms with Crippen molar-refractivity contribution >= 4 is 5.71 Å². The van der Waals surface area contributed by atoms with Gasteiger partial charge in [0.1, 0.15) is 0 Å². The Kier molecular flexibility index (Phi) is 2.22. The number of fused-ring (bicyclic) bond motifs is 1. The molecule has 1 unspecified atom stereocenters. The lowest BCUT2D eigenvalue weighted by molar-refractivity contribution is 0.533. The molecule has 2 heteroatoms. The zero-order chi connectivity index (χ0) is 7.52. The molecule has 0 aliphatic carbocycles. The minimum Gasteiger partial charge on any atom is -0.316 e. The molecule has 2 nitrogen and oxygen atoms in total. The highest BCUT2D eigenvalue weighted by Gasteiger charge is 2.20. The van der Waals surface area contributed by atoms with Crippen LogP contribution in [0.5, 0.6) is 0 Å². The van der Waals surface area contributed by atoms with Gasteiger partial charge in [0, 0.05) is 24.7 Å². The molecule has 2 rings (SSSR count). The van der Waals surface area contributed by atoms with E-state index in [1.54, 1.807) is 0 Å². The van der Waals surface area contributed by atoms with Crippen molar-refractivity contribution in [2.75, 3.05) is 19.6 Å². The first-order chi connectivity index (χ1) is 5.47. The van der Waals surface area contributed by atoms with Gasteiger partial charge in [-0.1, -0.05) is 0 Å². The molecule has 0 saturated carbocycles. The SMILES string of the molecule is C1CNCC2CCCN=C2C1. The van der Waals surface area contributed by atoms with E-state index in [9.17, 15) is 0 Å². The van der Waals surface area contributed by atoms with Gasteiger partial charge in [-0.25, -0.2) is 0 Å². The molecule has 0 aromatic rings. The zero-order valence-corrected chi connectivity index (χ0v) is 6.97. The number of aliphatic imine (C=N–C) groups is 1. The first-order valence-electron chi connectivity index (χ1n) is 4.71. The lowest BCUT2D eigenvalue weighted by Crippen LogP contribution is -2.27. The Morgan fingerprint density at radius 3 is 3.36 bits per heavy atom. The lowest BCUT2D eigenvalue weighted by atomic mass is 9.93. The smallest absolute Gasteiger partial charge is 0.0389 e. The minimum atomic E-state index is 0.784. The zero-order valence-electron chi connectivity index (χ0n) is 6.97. The molecule has 0 bridgehead atoms. The Morgan fingerprint density at radius 1 is 1.36 bits per heavy atom. The standard InChI is InChI=1S/C9H16N2/c1-3-8-7-10-5-2-4-9(8)11-6-1/h8,10H,1-7H2. The Labute approximate surface area is 68.1 Å². The molecular formula is C9H16N2. The van der Waals surface area contributed by atoms with Crippen molar-refractivity contribution < 1.29 is 0 Å². The van der Waals surface area contributed by atoms with Crippen LogP contribution in [0.1, 0.15) is 25.7 Å². The highest BCUT2D eigenvalue weighted by atomic mass is 14.9. The second-order valence-corrected chi connectivity index (χ2v) is 3.52. The topological polar surface area (TPSA) is 24.4 Å². The summed E-state index contributed by atoms with van der Waals surface area (Å²) < 4.78 is 0. The van der Waals surface area contributed by atoms with Gasteiger partial charge < -0.3 is 5.32 Å². The molecule has 0 aromatic heterocycles. The molecule has 0 amide bonds. The van der Waals surface area contributed by atoms with Gasteiger partial charge in [0.05, 0.1) is 0 Å². The third-order valence-electron chi connectivity index (χ3n) is 2.67. The maximum absolute atomic E-state index is 4.59. The molecule has 1 N–H and O–H groups in total.